The molecule has 1 rings (SSSR count). The van der Waals surface area contributed by atoms with Crippen LogP contribution in [0.15, 0.2) is 23.1 Å². The second kappa shape index (κ2) is 3.88. The highest BCUT2D eigenvalue weighted by Crippen LogP contribution is 2.26. The maximum atomic E-state index is 11.6. The van der Waals surface area contributed by atoms with E-state index in [2.05, 4.69) is 0 Å². The van der Waals surface area contributed by atoms with Crippen LogP contribution < -0.4 is 10.5 Å². The Kier molecular flexibility index (Phi) is 3.00. The Morgan fingerprint density at radius 3 is 2.57 bits per heavy atom. The number of nitrogen functional groups attached to an aromatic ring is 1. The molecule has 0 saturated heterocycles. The van der Waals surface area contributed by atoms with Crippen LogP contribution in [0.1, 0.15) is 6.92 Å². The Morgan fingerprint density at radius 2 is 2.07 bits per heavy atom. The minimum absolute atomic E-state index is 0.0345. The van der Waals surface area contributed by atoms with Gasteiger partial charge in [-0.05, 0) is 18.2 Å². The standard InChI is InChI=1S/C9H13NO3S/c1-3-14(11,12)9-6-7(10)4-5-8(9)13-2/h4-6H,3,10H2,1-2H3. The highest BCUT2D eigenvalue weighted by atomic mass is 32.2. The zero-order chi connectivity index (χ0) is 10.8. The molecule has 1 aromatic rings. The van der Waals surface area contributed by atoms with Crippen molar-refractivity contribution in [3.05, 3.63) is 18.2 Å². The summed E-state index contributed by atoms with van der Waals surface area (Å²) < 4.78 is 28.1. The van der Waals surface area contributed by atoms with Crippen LogP contribution in [0.5, 0.6) is 5.75 Å². The molecule has 0 spiro atoms. The first-order valence-corrected chi connectivity index (χ1v) is 5.82. The van der Waals surface area contributed by atoms with Gasteiger partial charge in [-0.15, -0.1) is 0 Å². The van der Waals surface area contributed by atoms with E-state index >= 15 is 0 Å². The van der Waals surface area contributed by atoms with Crippen LogP contribution >= 0.6 is 0 Å². The van der Waals surface area contributed by atoms with E-state index in [1.807, 2.05) is 0 Å². The lowest BCUT2D eigenvalue weighted by molar-refractivity contribution is 0.403. The molecule has 2 N–H and O–H groups in total. The normalized spacial score (nSPS) is 11.3. The van der Waals surface area contributed by atoms with E-state index in [1.165, 1.54) is 13.2 Å². The minimum atomic E-state index is -3.27. The predicted molar refractivity (Wildman–Crippen MR) is 55.1 cm³/mol. The predicted octanol–water partition coefficient (Wildman–Crippen LogP) is 1.07. The first-order valence-electron chi connectivity index (χ1n) is 4.17. The second-order valence-electron chi connectivity index (χ2n) is 2.81. The summed E-state index contributed by atoms with van der Waals surface area (Å²) in [6.07, 6.45) is 0. The molecule has 5 heteroatoms. The maximum Gasteiger partial charge on any atom is 0.181 e. The number of nitrogens with two attached hydrogens (primary N) is 1. The number of sulfone groups is 1. The van der Waals surface area contributed by atoms with Crippen molar-refractivity contribution in [2.24, 2.45) is 0 Å². The van der Waals surface area contributed by atoms with Crippen LogP contribution in [0.25, 0.3) is 0 Å². The van der Waals surface area contributed by atoms with Crippen LogP contribution in [0.4, 0.5) is 5.69 Å². The zero-order valence-electron chi connectivity index (χ0n) is 8.15. The van der Waals surface area contributed by atoms with Crippen LogP contribution in [0.3, 0.4) is 0 Å². The highest BCUT2D eigenvalue weighted by molar-refractivity contribution is 7.91. The molecule has 0 amide bonds. The van der Waals surface area contributed by atoms with Crippen molar-refractivity contribution in [2.75, 3.05) is 18.6 Å². The SMILES string of the molecule is CCS(=O)(=O)c1cc(N)ccc1OC. The number of hydrogen-bond donors (Lipinski definition) is 1. The van der Waals surface area contributed by atoms with Gasteiger partial charge in [0.05, 0.1) is 12.9 Å². The number of ether oxygens (including phenoxy) is 1. The quantitative estimate of drug-likeness (QED) is 0.766. The van der Waals surface area contributed by atoms with E-state index in [0.29, 0.717) is 11.4 Å². The summed E-state index contributed by atoms with van der Waals surface area (Å²) in [6.45, 7) is 1.58. The van der Waals surface area contributed by atoms with Crippen molar-refractivity contribution < 1.29 is 13.2 Å². The number of hydrogen-bond acceptors (Lipinski definition) is 4. The molecule has 0 heterocycles. The lowest BCUT2D eigenvalue weighted by Gasteiger charge is -2.08. The summed E-state index contributed by atoms with van der Waals surface area (Å²) in [6, 6.07) is 4.57. The molecule has 0 aliphatic rings. The van der Waals surface area contributed by atoms with Gasteiger partial charge in [0, 0.05) is 5.69 Å². The summed E-state index contributed by atoms with van der Waals surface area (Å²) in [4.78, 5) is 0.155. The van der Waals surface area contributed by atoms with E-state index in [9.17, 15) is 8.42 Å². The molecule has 0 radical (unpaired) electrons. The topological polar surface area (TPSA) is 69.4 Å². The van der Waals surface area contributed by atoms with Gasteiger partial charge < -0.3 is 10.5 Å². The summed E-state index contributed by atoms with van der Waals surface area (Å²) in [5, 5.41) is 0. The Balaban J connectivity index is 3.39. The number of methoxy groups -OCH3 is 1. The van der Waals surface area contributed by atoms with Crippen LogP contribution in [-0.4, -0.2) is 21.3 Å². The van der Waals surface area contributed by atoms with Gasteiger partial charge in [0.15, 0.2) is 9.84 Å². The van der Waals surface area contributed by atoms with Gasteiger partial charge in [-0.2, -0.15) is 0 Å². The second-order valence-corrected chi connectivity index (χ2v) is 5.06. The fourth-order valence-electron chi connectivity index (χ4n) is 1.09. The van der Waals surface area contributed by atoms with Gasteiger partial charge in [0.2, 0.25) is 0 Å². The van der Waals surface area contributed by atoms with E-state index < -0.39 is 9.84 Å². The van der Waals surface area contributed by atoms with Gasteiger partial charge in [0.25, 0.3) is 0 Å². The third kappa shape index (κ3) is 1.98. The zero-order valence-corrected chi connectivity index (χ0v) is 8.97. The Morgan fingerprint density at radius 1 is 1.43 bits per heavy atom. The monoisotopic (exact) mass is 215 g/mol. The third-order valence-electron chi connectivity index (χ3n) is 1.90. The third-order valence-corrected chi connectivity index (χ3v) is 3.65. The molecule has 0 aliphatic carbocycles. The lowest BCUT2D eigenvalue weighted by Crippen LogP contribution is -2.06. The van der Waals surface area contributed by atoms with E-state index in [0.717, 1.165) is 0 Å². The molecule has 0 unspecified atom stereocenters. The number of anilines is 1. The molecule has 0 atom stereocenters. The van der Waals surface area contributed by atoms with Crippen molar-refractivity contribution in [3.8, 4) is 5.75 Å². The van der Waals surface area contributed by atoms with Crippen LogP contribution in [0.2, 0.25) is 0 Å². The van der Waals surface area contributed by atoms with Crippen molar-refractivity contribution in [1.29, 1.82) is 0 Å². The lowest BCUT2D eigenvalue weighted by atomic mass is 10.3. The van der Waals surface area contributed by atoms with Crippen molar-refractivity contribution in [1.82, 2.24) is 0 Å². The van der Waals surface area contributed by atoms with Gasteiger partial charge in [0.1, 0.15) is 10.6 Å². The Labute approximate surface area is 83.6 Å². The van der Waals surface area contributed by atoms with E-state index in [-0.39, 0.29) is 10.6 Å². The van der Waals surface area contributed by atoms with Crippen molar-refractivity contribution in [3.63, 3.8) is 0 Å². The molecule has 0 saturated carbocycles. The summed E-state index contributed by atoms with van der Waals surface area (Å²) in [5.74, 6) is 0.369. The molecule has 4 nitrogen and oxygen atoms in total. The van der Waals surface area contributed by atoms with Crippen molar-refractivity contribution >= 4 is 15.5 Å². The number of benzene rings is 1. The summed E-state index contributed by atoms with van der Waals surface area (Å²) >= 11 is 0. The summed E-state index contributed by atoms with van der Waals surface area (Å²) in [5.41, 5.74) is 5.93. The molecule has 0 aromatic heterocycles. The molecule has 78 valence electrons. The maximum absolute atomic E-state index is 11.6. The fourth-order valence-corrected chi connectivity index (χ4v) is 2.18. The highest BCUT2D eigenvalue weighted by Gasteiger charge is 2.17. The molecule has 14 heavy (non-hydrogen) atoms. The largest absolute Gasteiger partial charge is 0.495 e. The summed E-state index contributed by atoms with van der Waals surface area (Å²) in [7, 11) is -1.84. The Hall–Kier alpha value is -1.23. The molecule has 0 aliphatic heterocycles. The molecular formula is C9H13NO3S. The average Bonchev–Trinajstić information content (AvgIpc) is 2.18. The van der Waals surface area contributed by atoms with Gasteiger partial charge >= 0.3 is 0 Å². The molecule has 0 bridgehead atoms. The first kappa shape index (κ1) is 10.8. The smallest absolute Gasteiger partial charge is 0.181 e. The average molecular weight is 215 g/mol. The van der Waals surface area contributed by atoms with Crippen molar-refractivity contribution in [2.45, 2.75) is 11.8 Å². The van der Waals surface area contributed by atoms with E-state index in [1.54, 1.807) is 19.1 Å². The number of rotatable bonds is 3. The molecule has 0 fully saturated rings. The molecule has 1 aromatic carbocycles. The van der Waals surface area contributed by atoms with Crippen LogP contribution in [-0.2, 0) is 9.84 Å². The minimum Gasteiger partial charge on any atom is -0.495 e. The first-order chi connectivity index (χ1) is 6.51. The van der Waals surface area contributed by atoms with Gasteiger partial charge in [-0.1, -0.05) is 6.92 Å². The Bertz CT molecular complexity index is 426. The van der Waals surface area contributed by atoms with Gasteiger partial charge in [-0.25, -0.2) is 8.42 Å². The van der Waals surface area contributed by atoms with E-state index in [4.69, 9.17) is 10.5 Å². The van der Waals surface area contributed by atoms with Gasteiger partial charge in [-0.3, -0.25) is 0 Å². The fraction of sp³-hybridized carbons (Fsp3) is 0.333. The molecular weight excluding hydrogens is 202 g/mol. The van der Waals surface area contributed by atoms with Crippen LogP contribution in [0, 0.1) is 0 Å².